The summed E-state index contributed by atoms with van der Waals surface area (Å²) < 4.78 is 0. The quantitative estimate of drug-likeness (QED) is 0.626. The molecule has 24 heavy (non-hydrogen) atoms. The molecule has 0 N–H and O–H groups in total. The monoisotopic (exact) mass is 345 g/mol. The molecule has 0 radical (unpaired) electrons. The third kappa shape index (κ3) is 3.19. The zero-order chi connectivity index (χ0) is 17.3. The number of urea groups is 1. The molecule has 1 aliphatic rings. The first-order chi connectivity index (χ1) is 11.5. The van der Waals surface area contributed by atoms with Crippen molar-refractivity contribution in [3.63, 3.8) is 0 Å². The van der Waals surface area contributed by atoms with Gasteiger partial charge in [0.2, 0.25) is 0 Å². The summed E-state index contributed by atoms with van der Waals surface area (Å²) >= 11 is 5.91. The lowest BCUT2D eigenvalue weighted by Gasteiger charge is -2.23. The van der Waals surface area contributed by atoms with E-state index in [-0.39, 0.29) is 17.8 Å². The molecule has 2 amide bonds. The topological polar surface area (TPSA) is 66.7 Å². The van der Waals surface area contributed by atoms with Gasteiger partial charge in [0.1, 0.15) is 0 Å². The number of likely N-dealkylation sites (N-methyl/N-ethyl adjacent to an activating group) is 1. The van der Waals surface area contributed by atoms with E-state index in [2.05, 4.69) is 0 Å². The molecule has 0 unspecified atom stereocenters. The molecule has 1 heterocycles. The van der Waals surface area contributed by atoms with Crippen molar-refractivity contribution in [3.05, 3.63) is 69.2 Å². The summed E-state index contributed by atoms with van der Waals surface area (Å²) in [5.41, 5.74) is 1.75. The molecule has 2 aromatic carbocycles. The fourth-order valence-electron chi connectivity index (χ4n) is 2.92. The smallest absolute Gasteiger partial charge is 0.324 e. The number of rotatable bonds is 4. The van der Waals surface area contributed by atoms with Crippen LogP contribution in [0.2, 0.25) is 5.02 Å². The van der Waals surface area contributed by atoms with Gasteiger partial charge >= 0.3 is 6.03 Å². The molecule has 3 rings (SSSR count). The van der Waals surface area contributed by atoms with Crippen LogP contribution in [0.3, 0.4) is 0 Å². The van der Waals surface area contributed by atoms with Crippen molar-refractivity contribution in [1.29, 1.82) is 0 Å². The van der Waals surface area contributed by atoms with Crippen molar-refractivity contribution in [3.8, 4) is 0 Å². The number of nitro benzene ring substituents is 1. The molecule has 2 aromatic rings. The first-order valence-corrected chi connectivity index (χ1v) is 7.87. The van der Waals surface area contributed by atoms with Crippen molar-refractivity contribution >= 4 is 29.0 Å². The second-order valence-electron chi connectivity index (χ2n) is 5.79. The van der Waals surface area contributed by atoms with Crippen molar-refractivity contribution < 1.29 is 9.72 Å². The lowest BCUT2D eigenvalue weighted by Crippen LogP contribution is -2.35. The molecule has 1 aliphatic heterocycles. The highest BCUT2D eigenvalue weighted by molar-refractivity contribution is 6.30. The van der Waals surface area contributed by atoms with Crippen LogP contribution in [0.5, 0.6) is 0 Å². The second-order valence-corrected chi connectivity index (χ2v) is 6.23. The molecule has 0 bridgehead atoms. The number of hydrogen-bond donors (Lipinski definition) is 0. The Kier molecular flexibility index (Phi) is 4.40. The molecule has 0 saturated carbocycles. The molecule has 124 valence electrons. The number of hydrogen-bond acceptors (Lipinski definition) is 3. The third-order valence-electron chi connectivity index (χ3n) is 4.11. The maximum atomic E-state index is 12.5. The highest BCUT2D eigenvalue weighted by Crippen LogP contribution is 2.28. The molecule has 0 aliphatic carbocycles. The van der Waals surface area contributed by atoms with Gasteiger partial charge in [-0.25, -0.2) is 4.79 Å². The van der Waals surface area contributed by atoms with E-state index in [1.165, 1.54) is 12.1 Å². The Morgan fingerprint density at radius 2 is 1.79 bits per heavy atom. The fourth-order valence-corrected chi connectivity index (χ4v) is 3.05. The number of halogens is 1. The van der Waals surface area contributed by atoms with E-state index in [1.54, 1.807) is 29.0 Å². The summed E-state index contributed by atoms with van der Waals surface area (Å²) in [6, 6.07) is 13.5. The number of nitro groups is 1. The number of benzene rings is 2. The molecular weight excluding hydrogens is 330 g/mol. The van der Waals surface area contributed by atoms with Gasteiger partial charge in [0.15, 0.2) is 0 Å². The molecule has 7 heteroatoms. The van der Waals surface area contributed by atoms with Crippen molar-refractivity contribution in [2.45, 2.75) is 12.5 Å². The molecule has 1 saturated heterocycles. The zero-order valence-electron chi connectivity index (χ0n) is 13.1. The summed E-state index contributed by atoms with van der Waals surface area (Å²) in [6.07, 6.45) is 0.685. The van der Waals surface area contributed by atoms with Crippen molar-refractivity contribution in [2.75, 3.05) is 18.5 Å². The summed E-state index contributed by atoms with van der Waals surface area (Å²) in [5.74, 6) is 0. The van der Waals surface area contributed by atoms with E-state index in [0.717, 1.165) is 5.56 Å². The van der Waals surface area contributed by atoms with Gasteiger partial charge < -0.3 is 4.90 Å². The van der Waals surface area contributed by atoms with Gasteiger partial charge in [0, 0.05) is 36.4 Å². The third-order valence-corrected chi connectivity index (χ3v) is 4.36. The normalized spacial score (nSPS) is 17.4. The Bertz CT molecular complexity index is 762. The van der Waals surface area contributed by atoms with E-state index < -0.39 is 4.92 Å². The molecule has 0 aromatic heterocycles. The maximum absolute atomic E-state index is 12.5. The van der Waals surface area contributed by atoms with Crippen LogP contribution in [-0.2, 0) is 6.42 Å². The van der Waals surface area contributed by atoms with E-state index in [9.17, 15) is 14.9 Å². The van der Waals surface area contributed by atoms with Crippen LogP contribution in [-0.4, -0.2) is 35.5 Å². The Hall–Kier alpha value is -2.60. The van der Waals surface area contributed by atoms with Crippen LogP contribution in [0.25, 0.3) is 0 Å². The van der Waals surface area contributed by atoms with E-state index >= 15 is 0 Å². The van der Waals surface area contributed by atoms with Gasteiger partial charge in [-0.1, -0.05) is 23.7 Å². The molecule has 6 nitrogen and oxygen atoms in total. The van der Waals surface area contributed by atoms with Crippen molar-refractivity contribution in [2.24, 2.45) is 0 Å². The van der Waals surface area contributed by atoms with Gasteiger partial charge in [-0.15, -0.1) is 0 Å². The summed E-state index contributed by atoms with van der Waals surface area (Å²) in [7, 11) is 1.75. The first-order valence-electron chi connectivity index (χ1n) is 7.49. The number of non-ortho nitro benzene ring substituents is 1. The second kappa shape index (κ2) is 6.49. The Labute approximate surface area is 144 Å². The predicted octanol–water partition coefficient (Wildman–Crippen LogP) is 3.73. The van der Waals surface area contributed by atoms with Crippen LogP contribution in [0.1, 0.15) is 5.56 Å². The molecule has 1 fully saturated rings. The maximum Gasteiger partial charge on any atom is 0.324 e. The summed E-state index contributed by atoms with van der Waals surface area (Å²) in [4.78, 5) is 26.2. The van der Waals surface area contributed by atoms with Crippen molar-refractivity contribution in [1.82, 2.24) is 4.90 Å². The molecular formula is C17H16ClN3O3. The highest BCUT2D eigenvalue weighted by atomic mass is 35.5. The van der Waals surface area contributed by atoms with E-state index in [1.807, 2.05) is 24.3 Å². The lowest BCUT2D eigenvalue weighted by atomic mass is 10.0. The predicted molar refractivity (Wildman–Crippen MR) is 92.5 cm³/mol. The number of carbonyl (C=O) groups excluding carboxylic acids is 1. The minimum Gasteiger partial charge on any atom is -0.325 e. The van der Waals surface area contributed by atoms with Gasteiger partial charge in [0.25, 0.3) is 5.69 Å². The average Bonchev–Trinajstić information content (AvgIpc) is 2.84. The minimum atomic E-state index is -0.451. The van der Waals surface area contributed by atoms with Crippen LogP contribution in [0, 0.1) is 10.1 Å². The molecule has 0 spiro atoms. The van der Waals surface area contributed by atoms with Gasteiger partial charge in [-0.3, -0.25) is 15.0 Å². The van der Waals surface area contributed by atoms with Crippen LogP contribution in [0.4, 0.5) is 16.2 Å². The van der Waals surface area contributed by atoms with Gasteiger partial charge in [0.05, 0.1) is 11.0 Å². The van der Waals surface area contributed by atoms with E-state index in [4.69, 9.17) is 11.6 Å². The zero-order valence-corrected chi connectivity index (χ0v) is 13.8. The molecule has 1 atom stereocenters. The minimum absolute atomic E-state index is 0.00741. The largest absolute Gasteiger partial charge is 0.325 e. The Balaban J connectivity index is 1.86. The summed E-state index contributed by atoms with van der Waals surface area (Å²) in [5, 5.41) is 11.5. The summed E-state index contributed by atoms with van der Waals surface area (Å²) in [6.45, 7) is 0.596. The number of nitrogens with zero attached hydrogens (tertiary/aromatic N) is 3. The number of amides is 2. The number of carbonyl (C=O) groups is 1. The first kappa shape index (κ1) is 16.3. The highest BCUT2D eigenvalue weighted by Gasteiger charge is 2.36. The van der Waals surface area contributed by atoms with Crippen LogP contribution >= 0.6 is 11.6 Å². The van der Waals surface area contributed by atoms with Gasteiger partial charge in [-0.05, 0) is 36.2 Å². The number of anilines is 1. The van der Waals surface area contributed by atoms with Gasteiger partial charge in [-0.2, -0.15) is 0 Å². The Morgan fingerprint density at radius 1 is 1.17 bits per heavy atom. The average molecular weight is 346 g/mol. The standard InChI is InChI=1S/C17H16ClN3O3/c1-19-11-16(10-12-2-4-13(18)5-3-12)20(17(19)22)14-6-8-15(9-7-14)21(23)24/h2-9,16H,10-11H2,1H3/t16-/m0/s1. The SMILES string of the molecule is CN1C[C@H](Cc2ccc(Cl)cc2)N(c2ccc([N+](=O)[O-])cc2)C1=O. The fraction of sp³-hybridized carbons (Fsp3) is 0.235. The lowest BCUT2D eigenvalue weighted by molar-refractivity contribution is -0.384. The Morgan fingerprint density at radius 3 is 2.38 bits per heavy atom. The van der Waals surface area contributed by atoms with Crippen LogP contribution in [0.15, 0.2) is 48.5 Å². The van der Waals surface area contributed by atoms with E-state index in [0.29, 0.717) is 23.7 Å². The van der Waals surface area contributed by atoms with Crippen LogP contribution < -0.4 is 4.90 Å².